The van der Waals surface area contributed by atoms with Gasteiger partial charge in [-0.05, 0) is 56.8 Å². The first-order valence-corrected chi connectivity index (χ1v) is 12.4. The number of likely N-dealkylation sites (tertiary alicyclic amines) is 1. The van der Waals surface area contributed by atoms with E-state index in [9.17, 15) is 9.59 Å². The number of carbonyl (C=O) groups is 2. The number of likely N-dealkylation sites (N-methyl/N-ethyl adjacent to an activating group) is 1. The lowest BCUT2D eigenvalue weighted by Gasteiger charge is -2.41. The number of hydrogen-bond donors (Lipinski definition) is 1. The van der Waals surface area contributed by atoms with E-state index in [4.69, 9.17) is 9.47 Å². The molecule has 5 aliphatic rings. The normalized spacial score (nSPS) is 29.2. The van der Waals surface area contributed by atoms with Gasteiger partial charge in [0.25, 0.3) is 0 Å². The highest BCUT2D eigenvalue weighted by Crippen LogP contribution is 2.36. The molecule has 3 saturated heterocycles. The van der Waals surface area contributed by atoms with Gasteiger partial charge in [-0.3, -0.25) is 19.4 Å². The van der Waals surface area contributed by atoms with Crippen LogP contribution in [-0.4, -0.2) is 83.7 Å². The van der Waals surface area contributed by atoms with Crippen molar-refractivity contribution in [1.29, 1.82) is 0 Å². The molecular weight excluding hydrogens is 420 g/mol. The van der Waals surface area contributed by atoms with Gasteiger partial charge in [0.05, 0.1) is 12.0 Å². The Labute approximate surface area is 195 Å². The van der Waals surface area contributed by atoms with E-state index >= 15 is 0 Å². The van der Waals surface area contributed by atoms with Crippen LogP contribution in [0.5, 0.6) is 11.5 Å². The summed E-state index contributed by atoms with van der Waals surface area (Å²) < 4.78 is 10.9. The van der Waals surface area contributed by atoms with E-state index in [-0.39, 0.29) is 24.6 Å². The molecule has 1 aliphatic carbocycles. The van der Waals surface area contributed by atoms with Gasteiger partial charge in [-0.25, -0.2) is 0 Å². The molecule has 0 bridgehead atoms. The molecule has 0 unspecified atom stereocenters. The predicted molar refractivity (Wildman–Crippen MR) is 122 cm³/mol. The molecule has 1 saturated carbocycles. The van der Waals surface area contributed by atoms with E-state index in [2.05, 4.69) is 34.3 Å². The van der Waals surface area contributed by atoms with Crippen molar-refractivity contribution in [3.63, 3.8) is 0 Å². The van der Waals surface area contributed by atoms with Gasteiger partial charge in [-0.1, -0.05) is 12.5 Å². The molecule has 8 nitrogen and oxygen atoms in total. The van der Waals surface area contributed by atoms with Crippen LogP contribution < -0.4 is 14.8 Å². The van der Waals surface area contributed by atoms with Gasteiger partial charge < -0.3 is 19.7 Å². The summed E-state index contributed by atoms with van der Waals surface area (Å²) in [4.78, 5) is 33.2. The number of piperidine rings is 1. The summed E-state index contributed by atoms with van der Waals surface area (Å²) in [6.07, 6.45) is 6.57. The van der Waals surface area contributed by atoms with Crippen molar-refractivity contribution >= 4 is 11.8 Å². The van der Waals surface area contributed by atoms with Crippen molar-refractivity contribution < 1.29 is 19.1 Å². The minimum absolute atomic E-state index is 0.0505. The topological polar surface area (TPSA) is 74.4 Å². The lowest BCUT2D eigenvalue weighted by Crippen LogP contribution is -2.56. The Morgan fingerprint density at radius 1 is 1.12 bits per heavy atom. The summed E-state index contributed by atoms with van der Waals surface area (Å²) in [5.74, 6) is 1.81. The van der Waals surface area contributed by atoms with Gasteiger partial charge in [-0.15, -0.1) is 0 Å². The molecule has 1 N–H and O–H groups in total. The Morgan fingerprint density at radius 3 is 2.67 bits per heavy atom. The van der Waals surface area contributed by atoms with Crippen LogP contribution in [-0.2, 0) is 16.1 Å². The van der Waals surface area contributed by atoms with E-state index in [0.29, 0.717) is 25.0 Å². The molecular formula is C25H34N4O4. The van der Waals surface area contributed by atoms with Gasteiger partial charge in [-0.2, -0.15) is 0 Å². The maximum Gasteiger partial charge on any atom is 0.243 e. The summed E-state index contributed by atoms with van der Waals surface area (Å²) in [6, 6.07) is 6.71. The number of fused-ring (bicyclic) bond motifs is 2. The number of carbonyl (C=O) groups excluding carboxylic acids is 2. The first kappa shape index (κ1) is 21.2. The quantitative estimate of drug-likeness (QED) is 0.747. The van der Waals surface area contributed by atoms with Gasteiger partial charge in [0.15, 0.2) is 11.5 Å². The lowest BCUT2D eigenvalue weighted by molar-refractivity contribution is -0.135. The third-order valence-corrected chi connectivity index (χ3v) is 8.66. The van der Waals surface area contributed by atoms with Crippen LogP contribution in [0.3, 0.4) is 0 Å². The number of hydrogen-bond acceptors (Lipinski definition) is 6. The van der Waals surface area contributed by atoms with Crippen molar-refractivity contribution in [3.05, 3.63) is 23.8 Å². The molecule has 2 amide bonds. The minimum atomic E-state index is -0.404. The Hall–Kier alpha value is -2.32. The van der Waals surface area contributed by atoms with E-state index in [0.717, 1.165) is 50.4 Å². The maximum atomic E-state index is 13.3. The highest BCUT2D eigenvalue weighted by Gasteiger charge is 2.50. The molecule has 33 heavy (non-hydrogen) atoms. The second-order valence-corrected chi connectivity index (χ2v) is 10.6. The van der Waals surface area contributed by atoms with Gasteiger partial charge in [0, 0.05) is 38.3 Å². The second kappa shape index (κ2) is 8.17. The van der Waals surface area contributed by atoms with Crippen LogP contribution in [0.1, 0.15) is 50.5 Å². The molecule has 8 heteroatoms. The first-order chi connectivity index (χ1) is 16.0. The van der Waals surface area contributed by atoms with E-state index < -0.39 is 5.54 Å². The van der Waals surface area contributed by atoms with Crippen molar-refractivity contribution in [2.45, 2.75) is 75.2 Å². The monoisotopic (exact) mass is 454 g/mol. The number of nitrogens with zero attached hydrogens (tertiary/aromatic N) is 3. The summed E-state index contributed by atoms with van der Waals surface area (Å²) >= 11 is 0. The van der Waals surface area contributed by atoms with Gasteiger partial charge in [0.1, 0.15) is 6.04 Å². The highest BCUT2D eigenvalue weighted by atomic mass is 16.7. The number of benzene rings is 1. The van der Waals surface area contributed by atoms with Crippen molar-refractivity contribution in [1.82, 2.24) is 20.0 Å². The van der Waals surface area contributed by atoms with E-state index in [1.165, 1.54) is 24.8 Å². The molecule has 4 heterocycles. The van der Waals surface area contributed by atoms with E-state index in [1.807, 2.05) is 11.0 Å². The Morgan fingerprint density at radius 2 is 1.91 bits per heavy atom. The number of ether oxygens (including phenoxy) is 2. The predicted octanol–water partition coefficient (Wildman–Crippen LogP) is 1.72. The largest absolute Gasteiger partial charge is 0.454 e. The van der Waals surface area contributed by atoms with Crippen LogP contribution in [0.4, 0.5) is 0 Å². The smallest absolute Gasteiger partial charge is 0.243 e. The molecule has 0 aromatic heterocycles. The molecule has 1 aromatic carbocycles. The Bertz CT molecular complexity index is 912. The van der Waals surface area contributed by atoms with E-state index in [1.54, 1.807) is 0 Å². The van der Waals surface area contributed by atoms with Crippen molar-refractivity contribution in [3.8, 4) is 11.5 Å². The fourth-order valence-electron chi connectivity index (χ4n) is 6.24. The number of nitrogens with one attached hydrogen (secondary N) is 1. The van der Waals surface area contributed by atoms with Crippen LogP contribution in [0.15, 0.2) is 18.2 Å². The SMILES string of the molecule is CN(C1CCC1)[C@H]1C[C@H]2C(=O)NC3(CCN(Cc4ccc5c(c4)OCO5)CC3)CC(=O)N2C1. The third kappa shape index (κ3) is 3.87. The molecule has 2 atom stereocenters. The van der Waals surface area contributed by atoms with Crippen molar-refractivity contribution in [2.75, 3.05) is 33.5 Å². The third-order valence-electron chi connectivity index (χ3n) is 8.66. The molecule has 4 fully saturated rings. The zero-order valence-corrected chi connectivity index (χ0v) is 19.4. The number of rotatable bonds is 4. The first-order valence-electron chi connectivity index (χ1n) is 12.4. The maximum absolute atomic E-state index is 13.3. The average Bonchev–Trinajstić information content (AvgIpc) is 3.39. The van der Waals surface area contributed by atoms with Crippen molar-refractivity contribution in [2.24, 2.45) is 0 Å². The Balaban J connectivity index is 1.08. The van der Waals surface area contributed by atoms with Crippen LogP contribution >= 0.6 is 0 Å². The molecule has 1 aromatic rings. The number of amides is 2. The second-order valence-electron chi connectivity index (χ2n) is 10.6. The standard InChI is InChI=1S/C25H34N4O4/c1-27(18-3-2-4-18)19-12-20-24(31)26-25(13-23(30)29(20)15-19)7-9-28(10-8-25)14-17-5-6-21-22(11-17)33-16-32-21/h5-6,11,18-20H,2-4,7-10,12-16H2,1H3,(H,26,31)/t19-,20-/m0/s1. The zero-order chi connectivity index (χ0) is 22.6. The van der Waals surface area contributed by atoms with Crippen LogP contribution in [0.2, 0.25) is 0 Å². The Kier molecular flexibility index (Phi) is 5.25. The minimum Gasteiger partial charge on any atom is -0.454 e. The fourth-order valence-corrected chi connectivity index (χ4v) is 6.24. The molecule has 6 rings (SSSR count). The molecule has 4 aliphatic heterocycles. The van der Waals surface area contributed by atoms with Crippen LogP contribution in [0, 0.1) is 0 Å². The lowest BCUT2D eigenvalue weighted by atomic mass is 9.83. The molecule has 178 valence electrons. The summed E-state index contributed by atoms with van der Waals surface area (Å²) in [6.45, 7) is 3.53. The zero-order valence-electron chi connectivity index (χ0n) is 19.4. The van der Waals surface area contributed by atoms with Gasteiger partial charge in [0.2, 0.25) is 18.6 Å². The summed E-state index contributed by atoms with van der Waals surface area (Å²) in [5.41, 5.74) is 0.789. The summed E-state index contributed by atoms with van der Waals surface area (Å²) in [7, 11) is 2.17. The van der Waals surface area contributed by atoms with Crippen LogP contribution in [0.25, 0.3) is 0 Å². The molecule has 1 spiro atoms. The average molecular weight is 455 g/mol. The summed E-state index contributed by atoms with van der Waals surface area (Å²) in [5, 5.41) is 3.35. The van der Waals surface area contributed by atoms with Gasteiger partial charge >= 0.3 is 0 Å². The fraction of sp³-hybridized carbons (Fsp3) is 0.680. The molecule has 0 radical (unpaired) electrons. The highest BCUT2D eigenvalue weighted by molar-refractivity contribution is 5.92.